The molecule has 2 heterocycles. The number of carbonyl (C=O) groups is 1. The van der Waals surface area contributed by atoms with E-state index in [4.69, 9.17) is 5.11 Å². The third-order valence-electron chi connectivity index (χ3n) is 3.70. The van der Waals surface area contributed by atoms with Gasteiger partial charge in [-0.25, -0.2) is 9.37 Å². The number of nitrogens with zero attached hydrogens (tertiary/aromatic N) is 3. The van der Waals surface area contributed by atoms with Gasteiger partial charge in [-0.3, -0.25) is 4.79 Å². The Morgan fingerprint density at radius 3 is 2.88 bits per heavy atom. The third kappa shape index (κ3) is 3.96. The highest BCUT2D eigenvalue weighted by molar-refractivity contribution is 9.10. The molecule has 0 atom stereocenters. The van der Waals surface area contributed by atoms with Crippen molar-refractivity contribution in [3.63, 3.8) is 0 Å². The Morgan fingerprint density at radius 2 is 2.12 bits per heavy atom. The summed E-state index contributed by atoms with van der Waals surface area (Å²) in [5.74, 6) is -0.476. The van der Waals surface area contributed by atoms with Crippen LogP contribution in [0.5, 0.6) is 0 Å². The summed E-state index contributed by atoms with van der Waals surface area (Å²) in [6.07, 6.45) is 3.05. The first-order valence-corrected chi connectivity index (χ1v) is 8.60. The minimum absolute atomic E-state index is 0.140. The average Bonchev–Trinajstić information content (AvgIpc) is 2.96. The molecule has 3 rings (SSSR count). The van der Waals surface area contributed by atoms with Crippen molar-refractivity contribution < 1.29 is 14.3 Å². The van der Waals surface area contributed by atoms with Gasteiger partial charge >= 0.3 is 5.97 Å². The second-order valence-electron chi connectivity index (χ2n) is 5.51. The molecule has 0 saturated carbocycles. The topological polar surface area (TPSA) is 79.5 Å². The number of anilines is 1. The zero-order valence-electron chi connectivity index (χ0n) is 13.2. The summed E-state index contributed by atoms with van der Waals surface area (Å²) in [6, 6.07) is 8.20. The molecule has 3 aromatic rings. The number of nitrogens with one attached hydrogen (secondary N) is 1. The van der Waals surface area contributed by atoms with Gasteiger partial charge in [0, 0.05) is 24.6 Å². The van der Waals surface area contributed by atoms with E-state index in [-0.39, 0.29) is 12.2 Å². The lowest BCUT2D eigenvalue weighted by Gasteiger charge is -2.11. The van der Waals surface area contributed by atoms with Crippen LogP contribution in [-0.2, 0) is 4.79 Å². The molecule has 2 aromatic heterocycles. The van der Waals surface area contributed by atoms with E-state index in [9.17, 15) is 9.18 Å². The molecular formula is C17H16BrFN4O2. The Morgan fingerprint density at radius 1 is 1.32 bits per heavy atom. The average molecular weight is 407 g/mol. The summed E-state index contributed by atoms with van der Waals surface area (Å²) in [6.45, 7) is 0.584. The van der Waals surface area contributed by atoms with Gasteiger partial charge in [-0.1, -0.05) is 12.1 Å². The van der Waals surface area contributed by atoms with Gasteiger partial charge in [0.2, 0.25) is 0 Å². The monoisotopic (exact) mass is 406 g/mol. The van der Waals surface area contributed by atoms with Crippen molar-refractivity contribution in [1.29, 1.82) is 0 Å². The molecule has 0 aliphatic rings. The standard InChI is InChI=1S/C17H16BrFN4O2/c18-12-10-21-23-15(20-8-4-3-7-16(24)25)9-14(22-17(12)23)11-5-1-2-6-13(11)19/h1-2,5-6,9-10,20H,3-4,7-8H2,(H,24,25). The van der Waals surface area contributed by atoms with Gasteiger partial charge in [-0.15, -0.1) is 0 Å². The first-order valence-electron chi connectivity index (χ1n) is 7.81. The van der Waals surface area contributed by atoms with Gasteiger partial charge in [0.25, 0.3) is 0 Å². The Labute approximate surface area is 151 Å². The highest BCUT2D eigenvalue weighted by Crippen LogP contribution is 2.27. The van der Waals surface area contributed by atoms with Crippen LogP contribution in [0.4, 0.5) is 10.2 Å². The van der Waals surface area contributed by atoms with Gasteiger partial charge in [0.05, 0.1) is 16.4 Å². The predicted molar refractivity (Wildman–Crippen MR) is 96.1 cm³/mol. The van der Waals surface area contributed by atoms with Crippen LogP contribution in [0.15, 0.2) is 41.0 Å². The molecule has 130 valence electrons. The number of aliphatic carboxylic acids is 1. The largest absolute Gasteiger partial charge is 0.481 e. The number of hydrogen-bond donors (Lipinski definition) is 2. The van der Waals surface area contributed by atoms with Crippen LogP contribution >= 0.6 is 15.9 Å². The molecule has 0 radical (unpaired) electrons. The first-order chi connectivity index (χ1) is 12.1. The van der Waals surface area contributed by atoms with Gasteiger partial charge < -0.3 is 10.4 Å². The van der Waals surface area contributed by atoms with Crippen molar-refractivity contribution in [2.75, 3.05) is 11.9 Å². The smallest absolute Gasteiger partial charge is 0.303 e. The Balaban J connectivity index is 1.89. The van der Waals surface area contributed by atoms with Gasteiger partial charge in [0.15, 0.2) is 5.65 Å². The molecule has 0 fully saturated rings. The van der Waals surface area contributed by atoms with Crippen LogP contribution in [-0.4, -0.2) is 32.2 Å². The van der Waals surface area contributed by atoms with Gasteiger partial charge in [0.1, 0.15) is 11.6 Å². The van der Waals surface area contributed by atoms with Gasteiger partial charge in [-0.2, -0.15) is 9.61 Å². The van der Waals surface area contributed by atoms with E-state index >= 15 is 0 Å². The van der Waals surface area contributed by atoms with E-state index in [1.165, 1.54) is 6.07 Å². The summed E-state index contributed by atoms with van der Waals surface area (Å²) in [5.41, 5.74) is 1.49. The van der Waals surface area contributed by atoms with Crippen molar-refractivity contribution in [2.24, 2.45) is 0 Å². The van der Waals surface area contributed by atoms with E-state index in [0.29, 0.717) is 46.6 Å². The fourth-order valence-corrected chi connectivity index (χ4v) is 2.83. The lowest BCUT2D eigenvalue weighted by atomic mass is 10.1. The maximum absolute atomic E-state index is 14.1. The van der Waals surface area contributed by atoms with Crippen LogP contribution in [0.2, 0.25) is 0 Å². The number of unbranched alkanes of at least 4 members (excludes halogenated alkanes) is 1. The molecule has 1 aromatic carbocycles. The minimum Gasteiger partial charge on any atom is -0.481 e. The molecule has 0 aliphatic heterocycles. The Bertz CT molecular complexity index is 913. The molecule has 25 heavy (non-hydrogen) atoms. The fraction of sp³-hybridized carbons (Fsp3) is 0.235. The quantitative estimate of drug-likeness (QED) is 0.580. The maximum atomic E-state index is 14.1. The number of rotatable bonds is 7. The first kappa shape index (κ1) is 17.3. The normalized spacial score (nSPS) is 11.0. The van der Waals surface area contributed by atoms with E-state index in [0.717, 1.165) is 0 Å². The minimum atomic E-state index is -0.802. The zero-order valence-corrected chi connectivity index (χ0v) is 14.8. The van der Waals surface area contributed by atoms with E-state index in [2.05, 4.69) is 31.3 Å². The lowest BCUT2D eigenvalue weighted by molar-refractivity contribution is -0.137. The lowest BCUT2D eigenvalue weighted by Crippen LogP contribution is -2.09. The molecule has 0 unspecified atom stereocenters. The predicted octanol–water partition coefficient (Wildman–Crippen LogP) is 3.96. The summed E-state index contributed by atoms with van der Waals surface area (Å²) >= 11 is 3.40. The van der Waals surface area contributed by atoms with E-state index in [1.807, 2.05) is 0 Å². The number of fused-ring (bicyclic) bond motifs is 1. The Kier molecular flexibility index (Phi) is 5.28. The summed E-state index contributed by atoms with van der Waals surface area (Å²) < 4.78 is 16.5. The zero-order chi connectivity index (χ0) is 17.8. The van der Waals surface area contributed by atoms with Gasteiger partial charge in [-0.05, 0) is 40.9 Å². The third-order valence-corrected chi connectivity index (χ3v) is 4.26. The number of aromatic nitrogens is 3. The Hall–Kier alpha value is -2.48. The fourth-order valence-electron chi connectivity index (χ4n) is 2.49. The second-order valence-corrected chi connectivity index (χ2v) is 6.37. The SMILES string of the molecule is O=C(O)CCCCNc1cc(-c2ccccc2F)nc2c(Br)cnn12. The van der Waals surface area contributed by atoms with Crippen molar-refractivity contribution in [3.05, 3.63) is 46.8 Å². The molecule has 6 nitrogen and oxygen atoms in total. The van der Waals surface area contributed by atoms with Crippen LogP contribution < -0.4 is 5.32 Å². The van der Waals surface area contributed by atoms with E-state index < -0.39 is 5.97 Å². The number of halogens is 2. The van der Waals surface area contributed by atoms with Crippen LogP contribution in [0.1, 0.15) is 19.3 Å². The van der Waals surface area contributed by atoms with Crippen molar-refractivity contribution in [2.45, 2.75) is 19.3 Å². The summed E-state index contributed by atoms with van der Waals surface area (Å²) in [4.78, 5) is 15.0. The molecular weight excluding hydrogens is 391 g/mol. The van der Waals surface area contributed by atoms with Crippen molar-refractivity contribution in [3.8, 4) is 11.3 Å². The molecule has 2 N–H and O–H groups in total. The second kappa shape index (κ2) is 7.60. The molecule has 0 bridgehead atoms. The molecule has 0 saturated heterocycles. The van der Waals surface area contributed by atoms with E-state index in [1.54, 1.807) is 35.0 Å². The van der Waals surface area contributed by atoms with Crippen molar-refractivity contribution in [1.82, 2.24) is 14.6 Å². The van der Waals surface area contributed by atoms with Crippen LogP contribution in [0, 0.1) is 5.82 Å². The van der Waals surface area contributed by atoms with Crippen molar-refractivity contribution >= 4 is 33.4 Å². The molecule has 0 aliphatic carbocycles. The maximum Gasteiger partial charge on any atom is 0.303 e. The highest BCUT2D eigenvalue weighted by atomic mass is 79.9. The number of carboxylic acids is 1. The molecule has 8 heteroatoms. The molecule has 0 amide bonds. The summed E-state index contributed by atoms with van der Waals surface area (Å²) in [7, 11) is 0. The number of carboxylic acid groups (broad SMARTS) is 1. The van der Waals surface area contributed by atoms with Crippen LogP contribution in [0.25, 0.3) is 16.9 Å². The van der Waals surface area contributed by atoms with Crippen LogP contribution in [0.3, 0.4) is 0 Å². The highest BCUT2D eigenvalue weighted by Gasteiger charge is 2.13. The molecule has 0 spiro atoms. The summed E-state index contributed by atoms with van der Waals surface area (Å²) in [5, 5.41) is 16.2. The number of benzene rings is 1. The number of hydrogen-bond acceptors (Lipinski definition) is 4.